The molecule has 0 radical (unpaired) electrons. The van der Waals surface area contributed by atoms with E-state index in [0.717, 1.165) is 0 Å². The number of guanidine groups is 1. The van der Waals surface area contributed by atoms with Crippen LogP contribution in [0.15, 0.2) is 0 Å². The van der Waals surface area contributed by atoms with Gasteiger partial charge in [-0.25, -0.2) is 4.79 Å². The third-order valence-corrected chi connectivity index (χ3v) is 4.55. The maximum absolute atomic E-state index is 11.6. The van der Waals surface area contributed by atoms with Crippen molar-refractivity contribution in [2.24, 2.45) is 5.73 Å². The van der Waals surface area contributed by atoms with Gasteiger partial charge in [0, 0.05) is 20.6 Å². The number of nitrogens with two attached hydrogens (primary N) is 1. The van der Waals surface area contributed by atoms with Crippen LogP contribution in [-0.4, -0.2) is 84.3 Å². The third kappa shape index (κ3) is 2.10. The largest absolute Gasteiger partial charge is 0.447 e. The Kier molecular flexibility index (Phi) is 3.63. The van der Waals surface area contributed by atoms with Gasteiger partial charge in [-0.3, -0.25) is 16.0 Å². The second kappa shape index (κ2) is 5.23. The highest BCUT2D eigenvalue weighted by molar-refractivity contribution is 5.80. The number of aliphatic hydroxyl groups is 1. The Labute approximate surface area is 128 Å². The molecule has 1 unspecified atom stereocenters. The number of rotatable bonds is 2. The second-order valence-corrected chi connectivity index (χ2v) is 6.12. The van der Waals surface area contributed by atoms with Crippen LogP contribution in [0.2, 0.25) is 0 Å². The lowest BCUT2D eigenvalue weighted by Crippen LogP contribution is -2.77. The van der Waals surface area contributed by atoms with E-state index in [1.54, 1.807) is 19.0 Å². The molecule has 1 amide bonds. The van der Waals surface area contributed by atoms with Crippen molar-refractivity contribution in [1.82, 2.24) is 25.8 Å². The van der Waals surface area contributed by atoms with E-state index in [4.69, 9.17) is 15.9 Å². The molecule has 3 fully saturated rings. The van der Waals surface area contributed by atoms with Gasteiger partial charge in [-0.1, -0.05) is 0 Å². The van der Waals surface area contributed by atoms with Crippen molar-refractivity contribution in [2.45, 2.75) is 36.6 Å². The second-order valence-electron chi connectivity index (χ2n) is 6.12. The van der Waals surface area contributed by atoms with Crippen molar-refractivity contribution in [3.63, 3.8) is 0 Å². The molecule has 0 aromatic carbocycles. The van der Waals surface area contributed by atoms with Gasteiger partial charge in [0.1, 0.15) is 18.6 Å². The third-order valence-electron chi connectivity index (χ3n) is 4.55. The summed E-state index contributed by atoms with van der Waals surface area (Å²) in [5.74, 6) is 0.196. The normalized spacial score (nSPS) is 40.0. The maximum Gasteiger partial charge on any atom is 0.409 e. The van der Waals surface area contributed by atoms with E-state index in [2.05, 4.69) is 16.0 Å². The number of carbonyl (C=O) groups is 1. The van der Waals surface area contributed by atoms with Gasteiger partial charge in [0.25, 0.3) is 0 Å². The molecule has 0 saturated carbocycles. The Morgan fingerprint density at radius 1 is 1.64 bits per heavy atom. The molecule has 0 bridgehead atoms. The average Bonchev–Trinajstić information content (AvgIpc) is 2.97. The van der Waals surface area contributed by atoms with Crippen molar-refractivity contribution in [3.05, 3.63) is 0 Å². The Morgan fingerprint density at radius 3 is 3.05 bits per heavy atom. The predicted octanol–water partition coefficient (Wildman–Crippen LogP) is -2.84. The summed E-state index contributed by atoms with van der Waals surface area (Å²) in [5.41, 5.74) is 5.11. The minimum atomic E-state index is -0.836. The summed E-state index contributed by atoms with van der Waals surface area (Å²) in [6.45, 7) is 0.642. The van der Waals surface area contributed by atoms with Gasteiger partial charge < -0.3 is 30.7 Å². The molecule has 5 atom stereocenters. The summed E-state index contributed by atoms with van der Waals surface area (Å²) in [7, 11) is 3.21. The molecule has 124 valence electrons. The van der Waals surface area contributed by atoms with E-state index >= 15 is 0 Å². The van der Waals surface area contributed by atoms with E-state index in [0.29, 0.717) is 13.0 Å². The fourth-order valence-electron chi connectivity index (χ4n) is 3.57. The number of ether oxygens (including phenoxy) is 1. The molecule has 3 aliphatic heterocycles. The van der Waals surface area contributed by atoms with Crippen LogP contribution < -0.4 is 21.7 Å². The number of carbonyl (C=O) groups excluding carboxylic acids is 1. The number of nitrogens with one attached hydrogen (secondary N) is 4. The average molecular weight is 313 g/mol. The first kappa shape index (κ1) is 15.3. The molecule has 3 saturated heterocycles. The lowest BCUT2D eigenvalue weighted by Gasteiger charge is -2.49. The highest BCUT2D eigenvalue weighted by Crippen LogP contribution is 2.37. The van der Waals surface area contributed by atoms with Gasteiger partial charge in [0.2, 0.25) is 0 Å². The molecule has 1 spiro atoms. The molecule has 0 aromatic rings. The smallest absolute Gasteiger partial charge is 0.409 e. The Morgan fingerprint density at radius 2 is 2.36 bits per heavy atom. The fourth-order valence-corrected chi connectivity index (χ4v) is 3.57. The van der Waals surface area contributed by atoms with Crippen molar-refractivity contribution in [1.29, 1.82) is 5.41 Å². The van der Waals surface area contributed by atoms with E-state index < -0.39 is 24.1 Å². The first-order valence-electron chi connectivity index (χ1n) is 7.30. The Hall–Kier alpha value is -1.62. The van der Waals surface area contributed by atoms with Crippen LogP contribution in [0.5, 0.6) is 0 Å². The van der Waals surface area contributed by atoms with Gasteiger partial charge in [0.15, 0.2) is 5.96 Å². The highest BCUT2D eigenvalue weighted by Gasteiger charge is 2.63. The number of aliphatic hydroxyl groups excluding tert-OH is 1. The van der Waals surface area contributed by atoms with Crippen LogP contribution in [0.1, 0.15) is 6.42 Å². The van der Waals surface area contributed by atoms with Gasteiger partial charge in [-0.2, -0.15) is 0 Å². The van der Waals surface area contributed by atoms with Gasteiger partial charge >= 0.3 is 6.09 Å². The van der Waals surface area contributed by atoms with Crippen molar-refractivity contribution in [2.75, 3.05) is 27.2 Å². The predicted molar refractivity (Wildman–Crippen MR) is 77.8 cm³/mol. The van der Waals surface area contributed by atoms with Crippen LogP contribution >= 0.6 is 0 Å². The molecule has 0 aliphatic carbocycles. The quantitative estimate of drug-likeness (QED) is 0.320. The molecule has 10 heteroatoms. The molecular weight excluding hydrogens is 290 g/mol. The summed E-state index contributed by atoms with van der Waals surface area (Å²) in [5, 5.41) is 28.0. The first-order chi connectivity index (χ1) is 10.4. The number of nitrogens with zero attached hydrogens (tertiary/aromatic N) is 2. The molecule has 3 heterocycles. The Balaban J connectivity index is 1.81. The van der Waals surface area contributed by atoms with Crippen LogP contribution in [0.25, 0.3) is 0 Å². The molecule has 3 rings (SSSR count). The number of hydrogen-bond donors (Lipinski definition) is 6. The van der Waals surface area contributed by atoms with Crippen LogP contribution in [0.4, 0.5) is 4.79 Å². The van der Waals surface area contributed by atoms with Crippen LogP contribution in [0.3, 0.4) is 0 Å². The topological polar surface area (TPSA) is 139 Å². The first-order valence-corrected chi connectivity index (χ1v) is 7.30. The summed E-state index contributed by atoms with van der Waals surface area (Å²) >= 11 is 0. The summed E-state index contributed by atoms with van der Waals surface area (Å²) in [6, 6.07) is -0.648. The highest BCUT2D eigenvalue weighted by atomic mass is 16.6. The molecule has 7 N–H and O–H groups in total. The minimum absolute atomic E-state index is 0.0772. The summed E-state index contributed by atoms with van der Waals surface area (Å²) in [4.78, 5) is 14.7. The maximum atomic E-state index is 11.6. The Bertz CT molecular complexity index is 487. The molecule has 0 aromatic heterocycles. The molecular formula is C12H23N7O3. The van der Waals surface area contributed by atoms with E-state index in [1.807, 2.05) is 0 Å². The summed E-state index contributed by atoms with van der Waals surface area (Å²) < 4.78 is 5.23. The monoisotopic (exact) mass is 313 g/mol. The zero-order valence-corrected chi connectivity index (χ0v) is 12.7. The van der Waals surface area contributed by atoms with Crippen molar-refractivity contribution >= 4 is 12.1 Å². The fraction of sp³-hybridized carbons (Fsp3) is 0.833. The molecule has 10 nitrogen and oxygen atoms in total. The van der Waals surface area contributed by atoms with Crippen molar-refractivity contribution < 1.29 is 14.6 Å². The van der Waals surface area contributed by atoms with E-state index in [9.17, 15) is 9.90 Å². The lowest BCUT2D eigenvalue weighted by atomic mass is 9.88. The zero-order valence-electron chi connectivity index (χ0n) is 12.7. The standard InChI is InChI=1S/C12H23N7O3/c1-18(2)11(21)22-5-6-8-12(17-9(13)16-8)7(20)3-4-19(12)10(14)15-6/h6-9,16-17,20H,3-5,13H2,1-2H3,(H2,14,15)/t6-,7-,8-,9?,12+/m0/s1. The summed E-state index contributed by atoms with van der Waals surface area (Å²) in [6.07, 6.45) is -1.06. The van der Waals surface area contributed by atoms with E-state index in [1.165, 1.54) is 4.90 Å². The molecule has 3 aliphatic rings. The molecule has 22 heavy (non-hydrogen) atoms. The van der Waals surface area contributed by atoms with Gasteiger partial charge in [0.05, 0.1) is 18.2 Å². The van der Waals surface area contributed by atoms with Crippen LogP contribution in [0, 0.1) is 5.41 Å². The van der Waals surface area contributed by atoms with Gasteiger partial charge in [-0.15, -0.1) is 0 Å². The lowest BCUT2D eigenvalue weighted by molar-refractivity contribution is -0.000633. The zero-order chi connectivity index (χ0) is 16.1. The van der Waals surface area contributed by atoms with Gasteiger partial charge in [-0.05, 0) is 6.42 Å². The SMILES string of the molecule is CN(C)C(=O)OC[C@@H]1NC(=N)N2CC[C@H](O)[C@@]23NC(N)N[C@@H]13. The number of hydrogen-bond acceptors (Lipinski definition) is 7. The van der Waals surface area contributed by atoms with Crippen LogP contribution in [-0.2, 0) is 4.74 Å². The minimum Gasteiger partial charge on any atom is -0.447 e. The van der Waals surface area contributed by atoms with E-state index in [-0.39, 0.29) is 24.7 Å². The number of amides is 1. The van der Waals surface area contributed by atoms with Crippen molar-refractivity contribution in [3.8, 4) is 0 Å².